The molecule has 1 aromatic carbocycles. The molecule has 0 aliphatic rings. The summed E-state index contributed by atoms with van der Waals surface area (Å²) in [6, 6.07) is 5.97. The number of esters is 1. The molecule has 0 aliphatic carbocycles. The molecule has 1 amide bonds. The average Bonchev–Trinajstić information content (AvgIpc) is 2.52. The van der Waals surface area contributed by atoms with Crippen molar-refractivity contribution in [2.75, 3.05) is 18.9 Å². The van der Waals surface area contributed by atoms with Crippen molar-refractivity contribution in [3.63, 3.8) is 0 Å². The SMILES string of the molecule is CCOC(=O)[C@H](CSCc1cccc(O)c1)NC(=O)CN=[N+]=[N-]. The van der Waals surface area contributed by atoms with Crippen LogP contribution in [0.2, 0.25) is 0 Å². The van der Waals surface area contributed by atoms with Crippen LogP contribution in [0.4, 0.5) is 0 Å². The second-order valence-corrected chi connectivity index (χ2v) is 5.48. The van der Waals surface area contributed by atoms with Gasteiger partial charge in [-0.25, -0.2) is 4.79 Å². The summed E-state index contributed by atoms with van der Waals surface area (Å²) < 4.78 is 4.92. The summed E-state index contributed by atoms with van der Waals surface area (Å²) in [5.41, 5.74) is 9.10. The number of hydrogen-bond acceptors (Lipinski definition) is 6. The van der Waals surface area contributed by atoms with Gasteiger partial charge >= 0.3 is 5.97 Å². The molecule has 0 saturated heterocycles. The maximum atomic E-state index is 11.9. The van der Waals surface area contributed by atoms with E-state index in [1.807, 2.05) is 6.07 Å². The van der Waals surface area contributed by atoms with E-state index in [1.54, 1.807) is 25.1 Å². The van der Waals surface area contributed by atoms with Crippen LogP contribution in [0.1, 0.15) is 12.5 Å². The monoisotopic (exact) mass is 338 g/mol. The lowest BCUT2D eigenvalue weighted by atomic mass is 10.2. The predicted octanol–water partition coefficient (Wildman–Crippen LogP) is 1.98. The first-order chi connectivity index (χ1) is 11.1. The minimum atomic E-state index is -0.821. The molecule has 8 nitrogen and oxygen atoms in total. The van der Waals surface area contributed by atoms with Gasteiger partial charge in [0.05, 0.1) is 6.61 Å². The van der Waals surface area contributed by atoms with E-state index in [9.17, 15) is 14.7 Å². The molecule has 0 spiro atoms. The number of azide groups is 1. The number of aromatic hydroxyl groups is 1. The second-order valence-electron chi connectivity index (χ2n) is 4.45. The number of benzene rings is 1. The molecular formula is C14H18N4O4S. The van der Waals surface area contributed by atoms with E-state index in [2.05, 4.69) is 15.3 Å². The van der Waals surface area contributed by atoms with Crippen LogP contribution < -0.4 is 5.32 Å². The van der Waals surface area contributed by atoms with Crippen LogP contribution in [0.15, 0.2) is 29.4 Å². The number of phenolic OH excluding ortho intramolecular Hbond substituents is 1. The molecule has 0 aliphatic heterocycles. The Morgan fingerprint density at radius 2 is 2.30 bits per heavy atom. The van der Waals surface area contributed by atoms with Crippen LogP contribution in [0.25, 0.3) is 10.4 Å². The van der Waals surface area contributed by atoms with Gasteiger partial charge in [0.1, 0.15) is 18.3 Å². The molecule has 0 bridgehead atoms. The molecule has 1 atom stereocenters. The topological polar surface area (TPSA) is 124 Å². The van der Waals surface area contributed by atoms with Crippen molar-refractivity contribution < 1.29 is 19.4 Å². The van der Waals surface area contributed by atoms with Crippen molar-refractivity contribution in [2.45, 2.75) is 18.7 Å². The zero-order valence-corrected chi connectivity index (χ0v) is 13.5. The standard InChI is InChI=1S/C14H18N4O4S/c1-2-22-14(21)12(17-13(20)7-16-18-15)9-23-8-10-4-3-5-11(19)6-10/h3-6,12,19H,2,7-9H2,1H3,(H,17,20)/t12-/m0/s1. The van der Waals surface area contributed by atoms with E-state index in [0.29, 0.717) is 11.5 Å². The highest BCUT2D eigenvalue weighted by atomic mass is 32.2. The molecule has 0 radical (unpaired) electrons. The molecule has 0 saturated carbocycles. The zero-order valence-electron chi connectivity index (χ0n) is 12.6. The van der Waals surface area contributed by atoms with Crippen molar-refractivity contribution >= 4 is 23.6 Å². The number of hydrogen-bond donors (Lipinski definition) is 2. The first kappa shape index (κ1) is 18.7. The Kier molecular flexibility index (Phi) is 8.41. The van der Waals surface area contributed by atoms with Gasteiger partial charge in [-0.15, -0.1) is 0 Å². The van der Waals surface area contributed by atoms with Crippen LogP contribution in [0.3, 0.4) is 0 Å². The summed E-state index contributed by atoms with van der Waals surface area (Å²) in [7, 11) is 0. The van der Waals surface area contributed by atoms with Crippen LogP contribution in [0.5, 0.6) is 5.75 Å². The fourth-order valence-corrected chi connectivity index (χ4v) is 2.68. The number of amides is 1. The van der Waals surface area contributed by atoms with Crippen molar-refractivity contribution in [3.05, 3.63) is 40.3 Å². The Balaban J connectivity index is 2.56. The minimum Gasteiger partial charge on any atom is -0.508 e. The number of thioether (sulfide) groups is 1. The highest BCUT2D eigenvalue weighted by Crippen LogP contribution is 2.17. The Bertz CT molecular complexity index is 590. The third-order valence-corrected chi connectivity index (χ3v) is 3.75. The quantitative estimate of drug-likeness (QED) is 0.308. The first-order valence-electron chi connectivity index (χ1n) is 6.89. The molecular weight excluding hydrogens is 320 g/mol. The lowest BCUT2D eigenvalue weighted by molar-refractivity contribution is -0.146. The molecule has 1 aromatic rings. The van der Waals surface area contributed by atoms with Crippen molar-refractivity contribution in [3.8, 4) is 5.75 Å². The molecule has 0 fully saturated rings. The molecule has 124 valence electrons. The Labute approximate surface area is 137 Å². The minimum absolute atomic E-state index is 0.174. The average molecular weight is 338 g/mol. The van der Waals surface area contributed by atoms with E-state index in [0.717, 1.165) is 5.56 Å². The maximum absolute atomic E-state index is 11.9. The fraction of sp³-hybridized carbons (Fsp3) is 0.429. The molecule has 1 rings (SSSR count). The molecule has 2 N–H and O–H groups in total. The van der Waals surface area contributed by atoms with Crippen LogP contribution in [-0.4, -0.2) is 41.9 Å². The van der Waals surface area contributed by atoms with E-state index in [-0.39, 0.29) is 18.9 Å². The lowest BCUT2D eigenvalue weighted by Crippen LogP contribution is -2.44. The number of carbonyl (C=O) groups excluding carboxylic acids is 2. The number of nitrogens with zero attached hydrogens (tertiary/aromatic N) is 3. The van der Waals surface area contributed by atoms with Gasteiger partial charge in [-0.1, -0.05) is 17.2 Å². The molecule has 23 heavy (non-hydrogen) atoms. The van der Waals surface area contributed by atoms with Crippen molar-refractivity contribution in [2.24, 2.45) is 5.11 Å². The number of ether oxygens (including phenoxy) is 1. The Hall–Kier alpha value is -2.38. The van der Waals surface area contributed by atoms with Gasteiger partial charge < -0.3 is 15.2 Å². The van der Waals surface area contributed by atoms with Gasteiger partial charge in [0.25, 0.3) is 0 Å². The van der Waals surface area contributed by atoms with Gasteiger partial charge in [0.15, 0.2) is 0 Å². The van der Waals surface area contributed by atoms with Gasteiger partial charge in [-0.05, 0) is 30.2 Å². The highest BCUT2D eigenvalue weighted by molar-refractivity contribution is 7.98. The normalized spacial score (nSPS) is 11.2. The largest absolute Gasteiger partial charge is 0.508 e. The third-order valence-electron chi connectivity index (χ3n) is 2.65. The van der Waals surface area contributed by atoms with Gasteiger partial charge in [0.2, 0.25) is 5.91 Å². The summed E-state index contributed by atoms with van der Waals surface area (Å²) in [5, 5.41) is 15.0. The maximum Gasteiger partial charge on any atom is 0.329 e. The number of carbonyl (C=O) groups is 2. The van der Waals surface area contributed by atoms with Gasteiger partial charge in [-0.3, -0.25) is 4.79 Å². The summed E-state index contributed by atoms with van der Waals surface area (Å²) >= 11 is 1.41. The summed E-state index contributed by atoms with van der Waals surface area (Å²) in [5.74, 6) is -0.0377. The predicted molar refractivity (Wildman–Crippen MR) is 86.8 cm³/mol. The second kappa shape index (κ2) is 10.4. The van der Waals surface area contributed by atoms with E-state index >= 15 is 0 Å². The molecule has 0 heterocycles. The first-order valence-corrected chi connectivity index (χ1v) is 8.04. The van der Waals surface area contributed by atoms with E-state index in [4.69, 9.17) is 10.3 Å². The molecule has 0 aromatic heterocycles. The molecule has 0 unspecified atom stereocenters. The van der Waals surface area contributed by atoms with Crippen LogP contribution >= 0.6 is 11.8 Å². The van der Waals surface area contributed by atoms with Crippen molar-refractivity contribution in [1.82, 2.24) is 5.32 Å². The smallest absolute Gasteiger partial charge is 0.329 e. The summed E-state index contributed by atoms with van der Waals surface area (Å²) in [6.45, 7) is 1.51. The Morgan fingerprint density at radius 3 is 2.96 bits per heavy atom. The van der Waals surface area contributed by atoms with E-state index in [1.165, 1.54) is 11.8 Å². The highest BCUT2D eigenvalue weighted by Gasteiger charge is 2.21. The van der Waals surface area contributed by atoms with Crippen molar-refractivity contribution in [1.29, 1.82) is 0 Å². The van der Waals surface area contributed by atoms with Gasteiger partial charge in [-0.2, -0.15) is 11.8 Å². The van der Waals surface area contributed by atoms with Crippen LogP contribution in [-0.2, 0) is 20.1 Å². The lowest BCUT2D eigenvalue weighted by Gasteiger charge is -2.16. The number of phenols is 1. The van der Waals surface area contributed by atoms with Crippen LogP contribution in [0, 0.1) is 0 Å². The van der Waals surface area contributed by atoms with E-state index < -0.39 is 17.9 Å². The summed E-state index contributed by atoms with van der Waals surface area (Å²) in [6.07, 6.45) is 0. The third kappa shape index (κ3) is 7.44. The Morgan fingerprint density at radius 1 is 1.52 bits per heavy atom. The van der Waals surface area contributed by atoms with Gasteiger partial charge in [0, 0.05) is 16.4 Å². The zero-order chi connectivity index (χ0) is 17.1. The fourth-order valence-electron chi connectivity index (χ4n) is 1.69. The number of rotatable bonds is 9. The summed E-state index contributed by atoms with van der Waals surface area (Å²) in [4.78, 5) is 25.9. The molecule has 9 heteroatoms. The number of nitrogens with one attached hydrogen (secondary N) is 1.